The highest BCUT2D eigenvalue weighted by Crippen LogP contribution is 2.38. The molecule has 1 atom stereocenters. The van der Waals surface area contributed by atoms with Crippen LogP contribution < -0.4 is 15.2 Å². The quantitative estimate of drug-likeness (QED) is 0.525. The molecule has 2 aromatic carbocycles. The van der Waals surface area contributed by atoms with Gasteiger partial charge in [-0.3, -0.25) is 15.1 Å². The number of halogens is 3. The van der Waals surface area contributed by atoms with Crippen molar-refractivity contribution in [1.82, 2.24) is 10.3 Å². The first-order chi connectivity index (χ1) is 19.1. The summed E-state index contributed by atoms with van der Waals surface area (Å²) >= 11 is 0. The summed E-state index contributed by atoms with van der Waals surface area (Å²) in [5, 5.41) is 4.31. The van der Waals surface area contributed by atoms with E-state index in [1.54, 1.807) is 19.9 Å². The van der Waals surface area contributed by atoms with Crippen LogP contribution in [0, 0.1) is 23.1 Å². The molecule has 2 aromatic rings. The molecule has 1 N–H and O–H groups in total. The van der Waals surface area contributed by atoms with Gasteiger partial charge in [-0.05, 0) is 63.4 Å². The highest BCUT2D eigenvalue weighted by molar-refractivity contribution is 6.17. The van der Waals surface area contributed by atoms with E-state index in [0.717, 1.165) is 29.7 Å². The number of aliphatic imine (C=N–C) groups is 1. The summed E-state index contributed by atoms with van der Waals surface area (Å²) < 4.78 is 42.6. The predicted molar refractivity (Wildman–Crippen MR) is 149 cm³/mol. The molecular formula is C30H31F3N6O. The van der Waals surface area contributed by atoms with Crippen molar-refractivity contribution < 1.29 is 18.0 Å². The van der Waals surface area contributed by atoms with Gasteiger partial charge < -0.3 is 9.80 Å². The summed E-state index contributed by atoms with van der Waals surface area (Å²) in [5.41, 5.74) is 5.84. The Morgan fingerprint density at radius 2 is 1.82 bits per heavy atom. The Kier molecular flexibility index (Phi) is 6.28. The molecule has 4 aliphatic rings. The average Bonchev–Trinajstić information content (AvgIpc) is 3.31. The summed E-state index contributed by atoms with van der Waals surface area (Å²) in [7, 11) is 0. The number of carbonyl (C=O) groups excluding carboxylic acids is 1. The number of alkyl halides is 2. The number of anilines is 2. The van der Waals surface area contributed by atoms with Crippen LogP contribution in [-0.4, -0.2) is 54.3 Å². The lowest BCUT2D eigenvalue weighted by Crippen LogP contribution is -2.47. The summed E-state index contributed by atoms with van der Waals surface area (Å²) in [6.45, 7) is 6.05. The standard InChI is InChI=1S/C30H31F3N6O/c1-19-35-36-28-34-26(25-22(31)9-5-11-24(25)39(19)28)38-16-6-8-21-20(7-4-10-23(21)38)12-13-29(2,3)27(40)37-17-14-30(32,33)15-18-37/h4-5,7,9-11,28,36H,6,8,14-18H2,1-3H3. The van der Waals surface area contributed by atoms with E-state index >= 15 is 4.39 Å². The van der Waals surface area contributed by atoms with Crippen LogP contribution in [0.3, 0.4) is 0 Å². The van der Waals surface area contributed by atoms with Crippen molar-refractivity contribution in [2.45, 2.75) is 58.7 Å². The molecule has 10 heteroatoms. The van der Waals surface area contributed by atoms with E-state index in [2.05, 4.69) is 22.4 Å². The van der Waals surface area contributed by atoms with Crippen LogP contribution in [-0.2, 0) is 11.2 Å². The van der Waals surface area contributed by atoms with Gasteiger partial charge in [0, 0.05) is 43.7 Å². The van der Waals surface area contributed by atoms with Gasteiger partial charge in [-0.1, -0.05) is 24.0 Å². The molecule has 1 saturated heterocycles. The Bertz CT molecular complexity index is 1490. The molecule has 0 spiro atoms. The van der Waals surface area contributed by atoms with Crippen LogP contribution in [0.25, 0.3) is 0 Å². The second kappa shape index (κ2) is 9.58. The molecule has 208 valence electrons. The van der Waals surface area contributed by atoms with Gasteiger partial charge in [0.25, 0.3) is 5.92 Å². The van der Waals surface area contributed by atoms with Crippen LogP contribution in [0.5, 0.6) is 0 Å². The highest BCUT2D eigenvalue weighted by atomic mass is 19.3. The molecule has 1 unspecified atom stereocenters. The fraction of sp³-hybridized carbons (Fsp3) is 0.433. The zero-order valence-corrected chi connectivity index (χ0v) is 22.8. The maximum atomic E-state index is 15.3. The van der Waals surface area contributed by atoms with Gasteiger partial charge in [0.05, 0.1) is 11.3 Å². The summed E-state index contributed by atoms with van der Waals surface area (Å²) in [6.07, 6.45) is 0.491. The number of nitrogens with one attached hydrogen (secondary N) is 1. The number of piperidine rings is 1. The molecule has 0 aromatic heterocycles. The second-order valence-electron chi connectivity index (χ2n) is 11.2. The van der Waals surface area contributed by atoms with E-state index in [9.17, 15) is 13.6 Å². The van der Waals surface area contributed by atoms with Crippen LogP contribution >= 0.6 is 0 Å². The molecule has 7 nitrogen and oxygen atoms in total. The molecule has 4 aliphatic heterocycles. The normalized spacial score (nSPS) is 21.2. The zero-order chi connectivity index (χ0) is 28.2. The van der Waals surface area contributed by atoms with Crippen molar-refractivity contribution in [3.63, 3.8) is 0 Å². The molecule has 0 bridgehead atoms. The van der Waals surface area contributed by atoms with Crippen LogP contribution in [0.4, 0.5) is 24.5 Å². The Morgan fingerprint density at radius 3 is 2.60 bits per heavy atom. The third kappa shape index (κ3) is 4.47. The number of nitrogens with zero attached hydrogens (tertiary/aromatic N) is 5. The third-order valence-corrected chi connectivity index (χ3v) is 7.99. The van der Waals surface area contributed by atoms with Gasteiger partial charge in [-0.15, -0.1) is 0 Å². The van der Waals surface area contributed by atoms with E-state index < -0.39 is 17.6 Å². The Labute approximate surface area is 231 Å². The highest BCUT2D eigenvalue weighted by Gasteiger charge is 2.40. The summed E-state index contributed by atoms with van der Waals surface area (Å²) in [5.74, 6) is 4.29. The molecule has 40 heavy (non-hydrogen) atoms. The molecule has 4 heterocycles. The zero-order valence-electron chi connectivity index (χ0n) is 22.8. The number of amidine groups is 2. The van der Waals surface area contributed by atoms with Gasteiger partial charge in [-0.2, -0.15) is 5.10 Å². The monoisotopic (exact) mass is 548 g/mol. The lowest BCUT2D eigenvalue weighted by Gasteiger charge is -2.38. The van der Waals surface area contributed by atoms with Gasteiger partial charge in [0.1, 0.15) is 22.9 Å². The van der Waals surface area contributed by atoms with Gasteiger partial charge >= 0.3 is 0 Å². The number of hydrogen-bond acceptors (Lipinski definition) is 6. The topological polar surface area (TPSA) is 63.5 Å². The smallest absolute Gasteiger partial charge is 0.251 e. The van der Waals surface area contributed by atoms with E-state index in [-0.39, 0.29) is 37.7 Å². The maximum absolute atomic E-state index is 15.3. The largest absolute Gasteiger partial charge is 0.341 e. The van der Waals surface area contributed by atoms with E-state index in [0.29, 0.717) is 29.5 Å². The molecule has 0 aliphatic carbocycles. The summed E-state index contributed by atoms with van der Waals surface area (Å²) in [4.78, 5) is 23.5. The Morgan fingerprint density at radius 1 is 1.10 bits per heavy atom. The first kappa shape index (κ1) is 26.2. The number of likely N-dealkylation sites (tertiary alicyclic amines) is 1. The molecule has 0 saturated carbocycles. The first-order valence-electron chi connectivity index (χ1n) is 13.6. The number of benzene rings is 2. The lowest BCUT2D eigenvalue weighted by atomic mass is 9.89. The van der Waals surface area contributed by atoms with E-state index in [1.807, 2.05) is 41.0 Å². The first-order valence-corrected chi connectivity index (χ1v) is 13.6. The van der Waals surface area contributed by atoms with Gasteiger partial charge in [-0.25, -0.2) is 18.2 Å². The lowest BCUT2D eigenvalue weighted by molar-refractivity contribution is -0.143. The number of hydrazone groups is 1. The van der Waals surface area contributed by atoms with Crippen molar-refractivity contribution in [3.8, 4) is 11.8 Å². The van der Waals surface area contributed by atoms with Gasteiger partial charge in [0.15, 0.2) is 0 Å². The molecule has 0 radical (unpaired) electrons. The van der Waals surface area contributed by atoms with Crippen LogP contribution in [0.2, 0.25) is 0 Å². The fourth-order valence-corrected chi connectivity index (χ4v) is 5.82. The van der Waals surface area contributed by atoms with E-state index in [4.69, 9.17) is 4.99 Å². The van der Waals surface area contributed by atoms with Crippen molar-refractivity contribution in [2.24, 2.45) is 15.5 Å². The van der Waals surface area contributed by atoms with Crippen molar-refractivity contribution in [1.29, 1.82) is 0 Å². The number of hydrogen-bond donors (Lipinski definition) is 1. The number of fused-ring (bicyclic) bond motifs is 4. The van der Waals surface area contributed by atoms with E-state index in [1.165, 1.54) is 11.0 Å². The Hall–Kier alpha value is -4.00. The van der Waals surface area contributed by atoms with Crippen molar-refractivity contribution in [2.75, 3.05) is 29.4 Å². The third-order valence-electron chi connectivity index (χ3n) is 7.99. The minimum atomic E-state index is -2.72. The van der Waals surface area contributed by atoms with Crippen LogP contribution in [0.1, 0.15) is 56.7 Å². The SMILES string of the molecule is CC1=NNC2N=C(N3CCCc4c(C#CC(C)(C)C(=O)N5CCC(F)(F)CC5)cccc43)c3c(F)cccc3N12. The van der Waals surface area contributed by atoms with Crippen molar-refractivity contribution >= 4 is 29.0 Å². The summed E-state index contributed by atoms with van der Waals surface area (Å²) in [6, 6.07) is 10.8. The average molecular weight is 549 g/mol. The second-order valence-corrected chi connectivity index (χ2v) is 11.2. The molecular weight excluding hydrogens is 517 g/mol. The minimum Gasteiger partial charge on any atom is -0.341 e. The molecule has 6 rings (SSSR count). The Balaban J connectivity index is 1.32. The van der Waals surface area contributed by atoms with Crippen molar-refractivity contribution in [3.05, 3.63) is 58.9 Å². The number of carbonyl (C=O) groups is 1. The predicted octanol–water partition coefficient (Wildman–Crippen LogP) is 4.70. The number of rotatable bonds is 1. The number of amides is 1. The molecule has 1 fully saturated rings. The minimum absolute atomic E-state index is 0.0324. The molecule has 1 amide bonds. The van der Waals surface area contributed by atoms with Gasteiger partial charge in [0.2, 0.25) is 12.2 Å². The fourth-order valence-electron chi connectivity index (χ4n) is 5.82. The maximum Gasteiger partial charge on any atom is 0.251 e. The van der Waals surface area contributed by atoms with Crippen LogP contribution in [0.15, 0.2) is 46.5 Å².